The minimum atomic E-state index is -0.527. The number of hydrogen-bond donors (Lipinski definition) is 2. The monoisotopic (exact) mass is 366 g/mol. The van der Waals surface area contributed by atoms with Gasteiger partial charge in [-0.1, -0.05) is 33.8 Å². The maximum absolute atomic E-state index is 12.9. The smallest absolute Gasteiger partial charge is 0.126 e. The van der Waals surface area contributed by atoms with Gasteiger partial charge in [-0.15, -0.1) is 0 Å². The van der Waals surface area contributed by atoms with E-state index in [1.807, 2.05) is 26.8 Å². The van der Waals surface area contributed by atoms with Crippen LogP contribution in [0.15, 0.2) is 36.4 Å². The normalized spacial score (nSPS) is 10.8. The molecule has 2 N–H and O–H groups in total. The summed E-state index contributed by atoms with van der Waals surface area (Å²) in [5, 5.41) is 6.33. The van der Waals surface area contributed by atoms with Crippen molar-refractivity contribution in [2.75, 3.05) is 0 Å². The number of aryl methyl sites for hydroxylation is 1. The van der Waals surface area contributed by atoms with Gasteiger partial charge in [0.2, 0.25) is 0 Å². The third-order valence-corrected chi connectivity index (χ3v) is 3.45. The van der Waals surface area contributed by atoms with Gasteiger partial charge in [-0.3, -0.25) is 0 Å². The summed E-state index contributed by atoms with van der Waals surface area (Å²) in [6.07, 6.45) is 0. The molecule has 0 aromatic heterocycles. The largest absolute Gasteiger partial charge is 0.310 e. The van der Waals surface area contributed by atoms with Gasteiger partial charge in [0.1, 0.15) is 17.5 Å². The van der Waals surface area contributed by atoms with Gasteiger partial charge in [-0.25, -0.2) is 13.2 Å². The summed E-state index contributed by atoms with van der Waals surface area (Å²) in [5.74, 6) is -1.21. The second-order valence-electron chi connectivity index (χ2n) is 6.99. The van der Waals surface area contributed by atoms with E-state index in [0.29, 0.717) is 24.2 Å². The lowest BCUT2D eigenvalue weighted by Crippen LogP contribution is -2.21. The van der Waals surface area contributed by atoms with Gasteiger partial charge in [0.15, 0.2) is 0 Å². The fourth-order valence-corrected chi connectivity index (χ4v) is 2.27. The predicted molar refractivity (Wildman–Crippen MR) is 101 cm³/mol. The Kier molecular flexibility index (Phi) is 9.38. The quantitative estimate of drug-likeness (QED) is 0.744. The number of nitrogens with one attached hydrogen (secondary N) is 2. The van der Waals surface area contributed by atoms with Crippen LogP contribution in [0.4, 0.5) is 13.2 Å². The molecule has 2 nitrogen and oxygen atoms in total. The van der Waals surface area contributed by atoms with Gasteiger partial charge >= 0.3 is 0 Å². The van der Waals surface area contributed by atoms with E-state index in [4.69, 9.17) is 0 Å². The van der Waals surface area contributed by atoms with E-state index in [1.54, 1.807) is 12.1 Å². The lowest BCUT2D eigenvalue weighted by molar-refractivity contribution is 0.560. The first-order valence-corrected chi connectivity index (χ1v) is 8.83. The Morgan fingerprint density at radius 3 is 1.42 bits per heavy atom. The second-order valence-corrected chi connectivity index (χ2v) is 6.99. The molecule has 2 rings (SSSR count). The van der Waals surface area contributed by atoms with Gasteiger partial charge in [-0.05, 0) is 47.9 Å². The zero-order chi connectivity index (χ0) is 19.7. The lowest BCUT2D eigenvalue weighted by Gasteiger charge is -2.08. The Balaban J connectivity index is 0.000000260. The molecule has 0 aliphatic heterocycles. The molecule has 0 saturated carbocycles. The SMILES string of the molecule is CC(C)NCc1cc(F)cc(F)c1.Cc1cc(F)cc(CNC(C)C)c1. The van der Waals surface area contributed by atoms with Crippen molar-refractivity contribution in [3.8, 4) is 0 Å². The molecule has 2 aromatic carbocycles. The highest BCUT2D eigenvalue weighted by molar-refractivity contribution is 5.23. The Hall–Kier alpha value is -1.85. The topological polar surface area (TPSA) is 24.1 Å². The van der Waals surface area contributed by atoms with Crippen molar-refractivity contribution in [3.63, 3.8) is 0 Å². The van der Waals surface area contributed by atoms with Gasteiger partial charge in [0.05, 0.1) is 0 Å². The maximum atomic E-state index is 12.9. The van der Waals surface area contributed by atoms with Crippen molar-refractivity contribution in [2.45, 2.75) is 59.8 Å². The molecular weight excluding hydrogens is 337 g/mol. The van der Waals surface area contributed by atoms with Crippen molar-refractivity contribution >= 4 is 0 Å². The van der Waals surface area contributed by atoms with Crippen LogP contribution in [0.25, 0.3) is 0 Å². The molecule has 0 aliphatic rings. The number of benzene rings is 2. The first-order valence-electron chi connectivity index (χ1n) is 8.83. The van der Waals surface area contributed by atoms with Crippen LogP contribution in [0.1, 0.15) is 44.4 Å². The average Bonchev–Trinajstić information content (AvgIpc) is 2.50. The van der Waals surface area contributed by atoms with Crippen LogP contribution in [-0.4, -0.2) is 12.1 Å². The van der Waals surface area contributed by atoms with Crippen molar-refractivity contribution < 1.29 is 13.2 Å². The van der Waals surface area contributed by atoms with E-state index in [0.717, 1.165) is 23.7 Å². The molecule has 0 amide bonds. The fraction of sp³-hybridized carbons (Fsp3) is 0.429. The minimum Gasteiger partial charge on any atom is -0.310 e. The molecule has 2 aromatic rings. The molecule has 0 aliphatic carbocycles. The molecule has 0 saturated heterocycles. The summed E-state index contributed by atoms with van der Waals surface area (Å²) < 4.78 is 38.3. The van der Waals surface area contributed by atoms with Crippen LogP contribution >= 0.6 is 0 Å². The van der Waals surface area contributed by atoms with E-state index >= 15 is 0 Å². The van der Waals surface area contributed by atoms with Gasteiger partial charge in [-0.2, -0.15) is 0 Å². The highest BCUT2D eigenvalue weighted by Crippen LogP contribution is 2.08. The summed E-state index contributed by atoms with van der Waals surface area (Å²) in [6.45, 7) is 11.2. The zero-order valence-corrected chi connectivity index (χ0v) is 16.2. The first kappa shape index (κ1) is 22.2. The second kappa shape index (κ2) is 11.0. The van der Waals surface area contributed by atoms with Crippen molar-refractivity contribution in [2.24, 2.45) is 0 Å². The van der Waals surface area contributed by atoms with Gasteiger partial charge in [0, 0.05) is 31.2 Å². The maximum Gasteiger partial charge on any atom is 0.126 e. The number of halogens is 3. The molecule has 0 fully saturated rings. The average molecular weight is 366 g/mol. The van der Waals surface area contributed by atoms with Crippen LogP contribution in [0.3, 0.4) is 0 Å². The Bertz CT molecular complexity index is 585. The predicted octanol–water partition coefficient (Wildman–Crippen LogP) is 5.09. The van der Waals surface area contributed by atoms with Gasteiger partial charge in [0.25, 0.3) is 0 Å². The lowest BCUT2D eigenvalue weighted by atomic mass is 10.1. The molecule has 0 radical (unpaired) electrons. The third-order valence-electron chi connectivity index (χ3n) is 3.45. The van der Waals surface area contributed by atoms with Crippen LogP contribution in [0, 0.1) is 24.4 Å². The molecular formula is C21H29F3N2. The van der Waals surface area contributed by atoms with Crippen molar-refractivity contribution in [3.05, 3.63) is 70.5 Å². The van der Waals surface area contributed by atoms with E-state index in [1.165, 1.54) is 12.1 Å². The van der Waals surface area contributed by atoms with E-state index in [9.17, 15) is 13.2 Å². The number of hydrogen-bond acceptors (Lipinski definition) is 2. The molecule has 144 valence electrons. The standard InChI is InChI=1S/C11H16FN.C10H13F2N/c1-8(2)13-7-10-4-9(3)5-11(12)6-10;1-7(2)13-6-8-3-9(11)5-10(12)4-8/h4-6,8,13H,7H2,1-3H3;3-5,7,13H,6H2,1-2H3. The van der Waals surface area contributed by atoms with E-state index < -0.39 is 11.6 Å². The van der Waals surface area contributed by atoms with Crippen molar-refractivity contribution in [1.82, 2.24) is 10.6 Å². The zero-order valence-electron chi connectivity index (χ0n) is 16.2. The first-order chi connectivity index (χ1) is 12.2. The molecule has 0 heterocycles. The summed E-state index contributed by atoms with van der Waals surface area (Å²) in [5.41, 5.74) is 2.61. The third kappa shape index (κ3) is 9.59. The highest BCUT2D eigenvalue weighted by Gasteiger charge is 2.01. The van der Waals surface area contributed by atoms with E-state index in [-0.39, 0.29) is 5.82 Å². The summed E-state index contributed by atoms with van der Waals surface area (Å²) in [4.78, 5) is 0. The molecule has 5 heteroatoms. The summed E-state index contributed by atoms with van der Waals surface area (Å²) >= 11 is 0. The highest BCUT2D eigenvalue weighted by atomic mass is 19.1. The summed E-state index contributed by atoms with van der Waals surface area (Å²) in [6, 6.07) is 9.39. The van der Waals surface area contributed by atoms with Gasteiger partial charge < -0.3 is 10.6 Å². The minimum absolute atomic E-state index is 0.152. The molecule has 0 spiro atoms. The summed E-state index contributed by atoms with van der Waals surface area (Å²) in [7, 11) is 0. The molecule has 0 atom stereocenters. The van der Waals surface area contributed by atoms with E-state index in [2.05, 4.69) is 24.5 Å². The Labute approximate surface area is 154 Å². The van der Waals surface area contributed by atoms with Crippen LogP contribution < -0.4 is 10.6 Å². The Morgan fingerprint density at radius 2 is 1.04 bits per heavy atom. The number of rotatable bonds is 6. The van der Waals surface area contributed by atoms with Crippen molar-refractivity contribution in [1.29, 1.82) is 0 Å². The van der Waals surface area contributed by atoms with Crippen LogP contribution in [0.5, 0.6) is 0 Å². The fourth-order valence-electron chi connectivity index (χ4n) is 2.27. The Morgan fingerprint density at radius 1 is 0.654 bits per heavy atom. The van der Waals surface area contributed by atoms with Crippen LogP contribution in [0.2, 0.25) is 0 Å². The molecule has 0 bridgehead atoms. The molecule has 26 heavy (non-hydrogen) atoms. The van der Waals surface area contributed by atoms with Crippen LogP contribution in [-0.2, 0) is 13.1 Å². The molecule has 0 unspecified atom stereocenters.